The molecule has 4 heterocycles. The van der Waals surface area contributed by atoms with E-state index in [1.165, 1.54) is 5.69 Å². The van der Waals surface area contributed by atoms with E-state index in [1.807, 2.05) is 24.1 Å². The Hall–Kier alpha value is -1.92. The monoisotopic (exact) mass is 342 g/mol. The number of hydrogen-bond donors (Lipinski definition) is 1. The van der Waals surface area contributed by atoms with Crippen molar-refractivity contribution in [1.82, 2.24) is 19.8 Å². The maximum Gasteiger partial charge on any atom is 0.239 e. The first-order chi connectivity index (χ1) is 12.2. The van der Waals surface area contributed by atoms with Crippen LogP contribution in [-0.2, 0) is 9.53 Å². The highest BCUT2D eigenvalue weighted by Crippen LogP contribution is 2.29. The highest BCUT2D eigenvalue weighted by atomic mass is 16.5. The Balaban J connectivity index is 1.45. The normalized spacial score (nSPS) is 23.7. The average molecular weight is 342 g/mol. The van der Waals surface area contributed by atoms with E-state index in [0.29, 0.717) is 5.92 Å². The lowest BCUT2D eigenvalue weighted by molar-refractivity contribution is -0.139. The van der Waals surface area contributed by atoms with Gasteiger partial charge >= 0.3 is 0 Å². The van der Waals surface area contributed by atoms with E-state index in [2.05, 4.69) is 27.0 Å². The van der Waals surface area contributed by atoms with E-state index in [9.17, 15) is 4.79 Å². The summed E-state index contributed by atoms with van der Waals surface area (Å²) in [6.07, 6.45) is 3.97. The van der Waals surface area contributed by atoms with Gasteiger partial charge in [-0.2, -0.15) is 0 Å². The van der Waals surface area contributed by atoms with Gasteiger partial charge in [0.05, 0.1) is 19.3 Å². The first-order valence-corrected chi connectivity index (χ1v) is 9.26. The fourth-order valence-electron chi connectivity index (χ4n) is 4.02. The minimum absolute atomic E-state index is 0.0629. The summed E-state index contributed by atoms with van der Waals surface area (Å²) in [6.45, 7) is 6.83. The van der Waals surface area contributed by atoms with E-state index in [4.69, 9.17) is 4.74 Å². The van der Waals surface area contributed by atoms with E-state index in [0.717, 1.165) is 63.3 Å². The van der Waals surface area contributed by atoms with Crippen LogP contribution in [0.25, 0.3) is 11.0 Å². The molecule has 2 fully saturated rings. The minimum atomic E-state index is -0.0629. The molecule has 0 aromatic carbocycles. The number of aromatic nitrogens is 2. The number of carbonyl (C=O) groups is 1. The topological polar surface area (TPSA) is 61.5 Å². The number of nitrogens with zero attached hydrogens (tertiary/aromatic N) is 3. The molecule has 4 rings (SSSR count). The molecule has 2 aliphatic heterocycles. The lowest BCUT2D eigenvalue weighted by atomic mass is 9.94. The summed E-state index contributed by atoms with van der Waals surface area (Å²) in [5.74, 6) is 0.615. The zero-order valence-electron chi connectivity index (χ0n) is 14.8. The number of hydrogen-bond acceptors (Lipinski definition) is 4. The first kappa shape index (κ1) is 16.5. The SMILES string of the molecule is CC(C(=O)N1CCCC(c2cc3cccnc3[nH]2)C1)N1CCOCC1. The number of ether oxygens (including phenoxy) is 1. The lowest BCUT2D eigenvalue weighted by Crippen LogP contribution is -2.52. The van der Waals surface area contributed by atoms with Gasteiger partial charge in [0.25, 0.3) is 0 Å². The molecule has 2 unspecified atom stereocenters. The fourth-order valence-corrected chi connectivity index (χ4v) is 4.02. The van der Waals surface area contributed by atoms with Gasteiger partial charge in [-0.05, 0) is 38.0 Å². The predicted molar refractivity (Wildman–Crippen MR) is 96.5 cm³/mol. The summed E-state index contributed by atoms with van der Waals surface area (Å²) in [7, 11) is 0. The zero-order chi connectivity index (χ0) is 17.2. The molecule has 134 valence electrons. The summed E-state index contributed by atoms with van der Waals surface area (Å²) in [6, 6.07) is 6.16. The number of rotatable bonds is 3. The van der Waals surface area contributed by atoms with Gasteiger partial charge in [0, 0.05) is 49.4 Å². The molecule has 0 spiro atoms. The summed E-state index contributed by atoms with van der Waals surface area (Å²) in [5, 5.41) is 1.14. The second kappa shape index (κ2) is 7.14. The Morgan fingerprint density at radius 3 is 3.00 bits per heavy atom. The Labute approximate surface area is 148 Å². The molecule has 2 atom stereocenters. The summed E-state index contributed by atoms with van der Waals surface area (Å²) in [4.78, 5) is 25.1. The van der Waals surface area contributed by atoms with Gasteiger partial charge in [-0.15, -0.1) is 0 Å². The summed E-state index contributed by atoms with van der Waals surface area (Å²) in [5.41, 5.74) is 2.13. The van der Waals surface area contributed by atoms with E-state index >= 15 is 0 Å². The molecule has 2 aromatic rings. The predicted octanol–water partition coefficient (Wildman–Crippen LogP) is 1.99. The molecule has 6 nitrogen and oxygen atoms in total. The summed E-state index contributed by atoms with van der Waals surface area (Å²) >= 11 is 0. The van der Waals surface area contributed by atoms with Crippen molar-refractivity contribution in [3.05, 3.63) is 30.1 Å². The zero-order valence-corrected chi connectivity index (χ0v) is 14.8. The number of morpholine rings is 1. The number of likely N-dealkylation sites (tertiary alicyclic amines) is 1. The molecular formula is C19H26N4O2. The molecule has 2 aliphatic rings. The Morgan fingerprint density at radius 1 is 1.36 bits per heavy atom. The Bertz CT molecular complexity index is 705. The van der Waals surface area contributed by atoms with Crippen molar-refractivity contribution in [3.63, 3.8) is 0 Å². The standard InChI is InChI=1S/C19H26N4O2/c1-14(22-8-10-25-11-9-22)19(24)23-7-3-5-16(13-23)17-12-15-4-2-6-20-18(15)21-17/h2,4,6,12,14,16H,3,5,7-11,13H2,1H3,(H,20,21). The van der Waals surface area contributed by atoms with Crippen LogP contribution in [0.2, 0.25) is 0 Å². The number of pyridine rings is 1. The van der Waals surface area contributed by atoms with Crippen molar-refractivity contribution in [1.29, 1.82) is 0 Å². The largest absolute Gasteiger partial charge is 0.379 e. The fraction of sp³-hybridized carbons (Fsp3) is 0.579. The van der Waals surface area contributed by atoms with Crippen LogP contribution in [0, 0.1) is 0 Å². The number of H-pyrrole nitrogens is 1. The molecule has 25 heavy (non-hydrogen) atoms. The molecule has 2 saturated heterocycles. The minimum Gasteiger partial charge on any atom is -0.379 e. The molecule has 0 bridgehead atoms. The van der Waals surface area contributed by atoms with Gasteiger partial charge in [0.2, 0.25) is 5.91 Å². The van der Waals surface area contributed by atoms with Crippen LogP contribution in [0.4, 0.5) is 0 Å². The van der Waals surface area contributed by atoms with Crippen LogP contribution in [0.3, 0.4) is 0 Å². The molecule has 0 radical (unpaired) electrons. The van der Waals surface area contributed by atoms with Crippen molar-refractivity contribution in [2.45, 2.75) is 31.7 Å². The number of aromatic amines is 1. The van der Waals surface area contributed by atoms with Gasteiger partial charge in [0.15, 0.2) is 0 Å². The van der Waals surface area contributed by atoms with Gasteiger partial charge in [-0.25, -0.2) is 4.98 Å². The smallest absolute Gasteiger partial charge is 0.239 e. The van der Waals surface area contributed by atoms with Crippen molar-refractivity contribution in [2.75, 3.05) is 39.4 Å². The maximum atomic E-state index is 13.0. The molecule has 1 amide bonds. The maximum absolute atomic E-state index is 13.0. The Morgan fingerprint density at radius 2 is 2.20 bits per heavy atom. The van der Waals surface area contributed by atoms with Gasteiger partial charge in [-0.3, -0.25) is 9.69 Å². The lowest BCUT2D eigenvalue weighted by Gasteiger charge is -2.38. The van der Waals surface area contributed by atoms with Gasteiger partial charge in [-0.1, -0.05) is 0 Å². The first-order valence-electron chi connectivity index (χ1n) is 9.26. The number of fused-ring (bicyclic) bond motifs is 1. The van der Waals surface area contributed by atoms with Crippen molar-refractivity contribution in [3.8, 4) is 0 Å². The molecular weight excluding hydrogens is 316 g/mol. The van der Waals surface area contributed by atoms with Crippen LogP contribution in [0.1, 0.15) is 31.4 Å². The van der Waals surface area contributed by atoms with E-state index in [1.54, 1.807) is 0 Å². The third-order valence-corrected chi connectivity index (χ3v) is 5.54. The van der Waals surface area contributed by atoms with Crippen LogP contribution in [0.15, 0.2) is 24.4 Å². The second-order valence-corrected chi connectivity index (χ2v) is 7.11. The third-order valence-electron chi connectivity index (χ3n) is 5.54. The van der Waals surface area contributed by atoms with E-state index < -0.39 is 0 Å². The third kappa shape index (κ3) is 3.41. The molecule has 0 aliphatic carbocycles. The highest BCUT2D eigenvalue weighted by Gasteiger charge is 2.31. The molecule has 6 heteroatoms. The summed E-state index contributed by atoms with van der Waals surface area (Å²) < 4.78 is 5.40. The molecule has 1 N–H and O–H groups in total. The number of carbonyl (C=O) groups excluding carboxylic acids is 1. The Kier molecular flexibility index (Phi) is 4.72. The highest BCUT2D eigenvalue weighted by molar-refractivity contribution is 5.82. The van der Waals surface area contributed by atoms with Gasteiger partial charge < -0.3 is 14.6 Å². The van der Waals surface area contributed by atoms with Crippen LogP contribution in [0.5, 0.6) is 0 Å². The molecule has 2 aromatic heterocycles. The van der Waals surface area contributed by atoms with Crippen molar-refractivity contribution >= 4 is 16.9 Å². The number of amides is 1. The number of piperidine rings is 1. The second-order valence-electron chi connectivity index (χ2n) is 7.11. The van der Waals surface area contributed by atoms with E-state index in [-0.39, 0.29) is 11.9 Å². The number of nitrogens with one attached hydrogen (secondary N) is 1. The van der Waals surface area contributed by atoms with Crippen molar-refractivity contribution < 1.29 is 9.53 Å². The van der Waals surface area contributed by atoms with Crippen molar-refractivity contribution in [2.24, 2.45) is 0 Å². The van der Waals surface area contributed by atoms with Crippen LogP contribution in [-0.4, -0.2) is 71.1 Å². The van der Waals surface area contributed by atoms with Crippen LogP contribution >= 0.6 is 0 Å². The quantitative estimate of drug-likeness (QED) is 0.927. The average Bonchev–Trinajstić information content (AvgIpc) is 3.12. The van der Waals surface area contributed by atoms with Gasteiger partial charge in [0.1, 0.15) is 5.65 Å². The molecule has 0 saturated carbocycles. The van der Waals surface area contributed by atoms with Crippen LogP contribution < -0.4 is 0 Å².